The standard InChI is InChI=1S/C19H19NO/c1-3-19(21)20-17-12-8-7-11-16(17)13-18(20)14(2)15-9-5-4-6-10-15/h4-14H,3H2,1-2H3. The summed E-state index contributed by atoms with van der Waals surface area (Å²) < 4.78 is 1.88. The predicted molar refractivity (Wildman–Crippen MR) is 86.8 cm³/mol. The average molecular weight is 277 g/mol. The van der Waals surface area contributed by atoms with Gasteiger partial charge in [-0.1, -0.05) is 62.4 Å². The van der Waals surface area contributed by atoms with Gasteiger partial charge in [0.05, 0.1) is 5.52 Å². The number of carbonyl (C=O) groups is 1. The summed E-state index contributed by atoms with van der Waals surface area (Å²) in [5.41, 5.74) is 3.29. The molecule has 1 atom stereocenters. The Labute approximate surface area is 125 Å². The lowest BCUT2D eigenvalue weighted by Crippen LogP contribution is -2.14. The maximum atomic E-state index is 12.4. The Balaban J connectivity index is 2.20. The van der Waals surface area contributed by atoms with Crippen molar-refractivity contribution in [3.8, 4) is 0 Å². The van der Waals surface area contributed by atoms with Crippen LogP contribution in [0.1, 0.15) is 42.2 Å². The lowest BCUT2D eigenvalue weighted by atomic mass is 9.97. The Morgan fingerprint density at radius 1 is 1.05 bits per heavy atom. The van der Waals surface area contributed by atoms with Gasteiger partial charge in [-0.25, -0.2) is 0 Å². The Bertz CT molecular complexity index is 771. The van der Waals surface area contributed by atoms with Gasteiger partial charge in [-0.2, -0.15) is 0 Å². The van der Waals surface area contributed by atoms with Crippen molar-refractivity contribution in [2.24, 2.45) is 0 Å². The third-order valence-corrected chi connectivity index (χ3v) is 4.03. The molecule has 3 aromatic rings. The molecule has 1 unspecified atom stereocenters. The zero-order chi connectivity index (χ0) is 14.8. The SMILES string of the molecule is CCC(=O)n1c(C(C)c2ccccc2)cc2ccccc21. The van der Waals surface area contributed by atoms with E-state index in [4.69, 9.17) is 0 Å². The molecule has 21 heavy (non-hydrogen) atoms. The van der Waals surface area contributed by atoms with E-state index >= 15 is 0 Å². The molecule has 0 saturated heterocycles. The molecule has 2 heteroatoms. The van der Waals surface area contributed by atoms with Gasteiger partial charge in [0.15, 0.2) is 0 Å². The third-order valence-electron chi connectivity index (χ3n) is 4.03. The van der Waals surface area contributed by atoms with E-state index < -0.39 is 0 Å². The Kier molecular flexibility index (Phi) is 3.61. The first-order valence-electron chi connectivity index (χ1n) is 7.41. The molecule has 1 aromatic heterocycles. The summed E-state index contributed by atoms with van der Waals surface area (Å²) in [6.07, 6.45) is 0.507. The number of hydrogen-bond donors (Lipinski definition) is 0. The van der Waals surface area contributed by atoms with E-state index in [0.29, 0.717) is 6.42 Å². The summed E-state index contributed by atoms with van der Waals surface area (Å²) in [6, 6.07) is 20.6. The quantitative estimate of drug-likeness (QED) is 0.671. The van der Waals surface area contributed by atoms with E-state index in [0.717, 1.165) is 16.6 Å². The smallest absolute Gasteiger partial charge is 0.231 e. The second-order valence-electron chi connectivity index (χ2n) is 5.34. The largest absolute Gasteiger partial charge is 0.284 e. The van der Waals surface area contributed by atoms with Gasteiger partial charge in [-0.15, -0.1) is 0 Å². The van der Waals surface area contributed by atoms with Crippen LogP contribution in [-0.2, 0) is 0 Å². The van der Waals surface area contributed by atoms with E-state index in [1.165, 1.54) is 5.56 Å². The van der Waals surface area contributed by atoms with Crippen molar-refractivity contribution >= 4 is 16.8 Å². The monoisotopic (exact) mass is 277 g/mol. The van der Waals surface area contributed by atoms with Crippen LogP contribution in [0.5, 0.6) is 0 Å². The third kappa shape index (κ3) is 2.38. The van der Waals surface area contributed by atoms with E-state index in [2.05, 4.69) is 31.2 Å². The van der Waals surface area contributed by atoms with Crippen LogP contribution in [0.4, 0.5) is 0 Å². The normalized spacial score (nSPS) is 12.5. The Morgan fingerprint density at radius 3 is 2.43 bits per heavy atom. The summed E-state index contributed by atoms with van der Waals surface area (Å²) in [7, 11) is 0. The molecule has 0 aliphatic heterocycles. The molecule has 0 aliphatic carbocycles. The van der Waals surface area contributed by atoms with E-state index in [1.54, 1.807) is 0 Å². The van der Waals surface area contributed by atoms with Crippen molar-refractivity contribution in [2.75, 3.05) is 0 Å². The van der Waals surface area contributed by atoms with Crippen LogP contribution in [0.15, 0.2) is 60.7 Å². The zero-order valence-corrected chi connectivity index (χ0v) is 12.4. The van der Waals surface area contributed by atoms with Crippen molar-refractivity contribution in [3.63, 3.8) is 0 Å². The lowest BCUT2D eigenvalue weighted by molar-refractivity contribution is 0.0910. The highest BCUT2D eigenvalue weighted by molar-refractivity contribution is 5.94. The molecule has 1 heterocycles. The summed E-state index contributed by atoms with van der Waals surface area (Å²) in [6.45, 7) is 4.07. The van der Waals surface area contributed by atoms with Gasteiger partial charge in [0.1, 0.15) is 0 Å². The number of benzene rings is 2. The number of rotatable bonds is 3. The first-order valence-corrected chi connectivity index (χ1v) is 7.41. The van der Waals surface area contributed by atoms with Gasteiger partial charge in [0.2, 0.25) is 5.91 Å². The number of fused-ring (bicyclic) bond motifs is 1. The molecule has 3 rings (SSSR count). The van der Waals surface area contributed by atoms with Crippen LogP contribution < -0.4 is 0 Å². The van der Waals surface area contributed by atoms with Crippen LogP contribution in [0.2, 0.25) is 0 Å². The van der Waals surface area contributed by atoms with Crippen molar-refractivity contribution in [1.82, 2.24) is 4.57 Å². The molecule has 0 radical (unpaired) electrons. The number of nitrogens with zero attached hydrogens (tertiary/aromatic N) is 1. The molecule has 0 aliphatic rings. The Hall–Kier alpha value is -2.35. The van der Waals surface area contributed by atoms with Gasteiger partial charge < -0.3 is 0 Å². The van der Waals surface area contributed by atoms with Gasteiger partial charge >= 0.3 is 0 Å². The summed E-state index contributed by atoms with van der Waals surface area (Å²) >= 11 is 0. The van der Waals surface area contributed by atoms with E-state index in [9.17, 15) is 4.79 Å². The van der Waals surface area contributed by atoms with Crippen molar-refractivity contribution in [3.05, 3.63) is 71.9 Å². The Morgan fingerprint density at radius 2 is 1.71 bits per heavy atom. The maximum absolute atomic E-state index is 12.4. The molecule has 0 fully saturated rings. The van der Waals surface area contributed by atoms with Crippen LogP contribution in [0.25, 0.3) is 10.9 Å². The highest BCUT2D eigenvalue weighted by atomic mass is 16.2. The zero-order valence-electron chi connectivity index (χ0n) is 12.4. The predicted octanol–water partition coefficient (Wildman–Crippen LogP) is 4.84. The first-order chi connectivity index (χ1) is 10.2. The molecule has 0 N–H and O–H groups in total. The van der Waals surface area contributed by atoms with Crippen LogP contribution in [0, 0.1) is 0 Å². The molecule has 2 nitrogen and oxygen atoms in total. The first kappa shape index (κ1) is 13.6. The minimum Gasteiger partial charge on any atom is -0.284 e. The molecule has 0 bridgehead atoms. The van der Waals surface area contributed by atoms with Crippen molar-refractivity contribution in [2.45, 2.75) is 26.2 Å². The molecular formula is C19H19NO. The van der Waals surface area contributed by atoms with Crippen LogP contribution >= 0.6 is 0 Å². The molecular weight excluding hydrogens is 258 g/mol. The molecule has 2 aromatic carbocycles. The highest BCUT2D eigenvalue weighted by Crippen LogP contribution is 2.30. The molecule has 0 spiro atoms. The fourth-order valence-corrected chi connectivity index (χ4v) is 2.84. The fraction of sp³-hybridized carbons (Fsp3) is 0.211. The minimum absolute atomic E-state index is 0.147. The number of carbonyl (C=O) groups excluding carboxylic acids is 1. The lowest BCUT2D eigenvalue weighted by Gasteiger charge is -2.15. The fourth-order valence-electron chi connectivity index (χ4n) is 2.84. The molecule has 0 saturated carbocycles. The van der Waals surface area contributed by atoms with Gasteiger partial charge in [0.25, 0.3) is 0 Å². The van der Waals surface area contributed by atoms with Gasteiger partial charge in [-0.05, 0) is 17.7 Å². The summed E-state index contributed by atoms with van der Waals surface area (Å²) in [5.74, 6) is 0.336. The number of para-hydroxylation sites is 1. The summed E-state index contributed by atoms with van der Waals surface area (Å²) in [5, 5.41) is 1.12. The molecule has 0 amide bonds. The van der Waals surface area contributed by atoms with Crippen molar-refractivity contribution in [1.29, 1.82) is 0 Å². The second kappa shape index (κ2) is 5.57. The second-order valence-corrected chi connectivity index (χ2v) is 5.34. The minimum atomic E-state index is 0.147. The summed E-state index contributed by atoms with van der Waals surface area (Å²) in [4.78, 5) is 12.4. The van der Waals surface area contributed by atoms with Crippen molar-refractivity contribution < 1.29 is 4.79 Å². The van der Waals surface area contributed by atoms with Crippen LogP contribution in [-0.4, -0.2) is 10.5 Å². The molecule has 106 valence electrons. The van der Waals surface area contributed by atoms with Gasteiger partial charge in [0, 0.05) is 23.4 Å². The van der Waals surface area contributed by atoms with E-state index in [1.807, 2.05) is 47.9 Å². The maximum Gasteiger partial charge on any atom is 0.231 e. The van der Waals surface area contributed by atoms with E-state index in [-0.39, 0.29) is 11.8 Å². The highest BCUT2D eigenvalue weighted by Gasteiger charge is 2.19. The average Bonchev–Trinajstić information content (AvgIpc) is 2.93. The topological polar surface area (TPSA) is 22.0 Å². The number of aromatic nitrogens is 1. The van der Waals surface area contributed by atoms with Gasteiger partial charge in [-0.3, -0.25) is 9.36 Å². The number of hydrogen-bond acceptors (Lipinski definition) is 1. The van der Waals surface area contributed by atoms with Crippen LogP contribution in [0.3, 0.4) is 0 Å².